The lowest BCUT2D eigenvalue weighted by Gasteiger charge is -2.08. The fourth-order valence-electron chi connectivity index (χ4n) is 2.11. The topological polar surface area (TPSA) is 84.1 Å². The Balaban J connectivity index is 1.57. The average Bonchev–Trinajstić information content (AvgIpc) is 2.63. The first kappa shape index (κ1) is 16.7. The molecule has 1 aromatic heterocycles. The molecule has 126 valence electrons. The van der Waals surface area contributed by atoms with Gasteiger partial charge in [0, 0.05) is 22.3 Å². The van der Waals surface area contributed by atoms with E-state index in [1.54, 1.807) is 54.6 Å². The summed E-state index contributed by atoms with van der Waals surface area (Å²) in [7, 11) is 0. The summed E-state index contributed by atoms with van der Waals surface area (Å²) in [5.41, 5.74) is 2.63. The maximum Gasteiger partial charge on any atom is 0.411 e. The lowest BCUT2D eigenvalue weighted by molar-refractivity contribution is 0.155. The minimum atomic E-state index is -0.551. The molecular weight excluding hydrogens is 342 g/mol. The second-order valence-electron chi connectivity index (χ2n) is 5.21. The van der Waals surface area contributed by atoms with E-state index < -0.39 is 6.09 Å². The molecule has 0 fully saturated rings. The fraction of sp³-hybridized carbons (Fsp3) is 0.0556. The molecule has 0 aliphatic rings. The highest BCUT2D eigenvalue weighted by Crippen LogP contribution is 2.18. The van der Waals surface area contributed by atoms with Crippen LogP contribution in [0.4, 0.5) is 10.5 Å². The molecule has 3 aromatic rings. The van der Waals surface area contributed by atoms with Crippen LogP contribution in [0.2, 0.25) is 5.02 Å². The van der Waals surface area contributed by atoms with Crippen LogP contribution in [0.15, 0.2) is 65.5 Å². The molecule has 0 aliphatic carbocycles. The third-order valence-electron chi connectivity index (χ3n) is 3.39. The van der Waals surface area contributed by atoms with Gasteiger partial charge in [0.05, 0.1) is 5.69 Å². The van der Waals surface area contributed by atoms with Gasteiger partial charge in [-0.3, -0.25) is 10.1 Å². The number of ether oxygens (including phenoxy) is 1. The zero-order valence-electron chi connectivity index (χ0n) is 13.0. The minimum Gasteiger partial charge on any atom is -0.444 e. The highest BCUT2D eigenvalue weighted by molar-refractivity contribution is 6.30. The Kier molecular flexibility index (Phi) is 5.11. The molecule has 0 aliphatic heterocycles. The Hall–Kier alpha value is -3.12. The van der Waals surface area contributed by atoms with E-state index >= 15 is 0 Å². The summed E-state index contributed by atoms with van der Waals surface area (Å²) < 4.78 is 5.15. The Morgan fingerprint density at radius 1 is 1.04 bits per heavy atom. The first-order valence-corrected chi connectivity index (χ1v) is 7.82. The van der Waals surface area contributed by atoms with Crippen molar-refractivity contribution in [2.75, 3.05) is 5.32 Å². The number of nitrogens with zero attached hydrogens (tertiary/aromatic N) is 1. The van der Waals surface area contributed by atoms with Crippen LogP contribution in [0, 0.1) is 0 Å². The van der Waals surface area contributed by atoms with Crippen LogP contribution in [0.25, 0.3) is 11.3 Å². The van der Waals surface area contributed by atoms with E-state index in [9.17, 15) is 9.59 Å². The van der Waals surface area contributed by atoms with Crippen LogP contribution in [0.1, 0.15) is 5.56 Å². The standard InChI is InChI=1S/C18H14ClN3O3/c19-14-5-1-12(2-6-14)11-25-18(24)20-15-7-3-13(4-8-15)16-9-10-17(23)22-21-16/h1-10H,11H2,(H,20,24)(H,22,23). The van der Waals surface area contributed by atoms with Crippen molar-refractivity contribution in [1.29, 1.82) is 0 Å². The summed E-state index contributed by atoms with van der Waals surface area (Å²) >= 11 is 5.80. The van der Waals surface area contributed by atoms with Gasteiger partial charge in [-0.05, 0) is 35.9 Å². The molecule has 1 amide bonds. The number of amides is 1. The first-order chi connectivity index (χ1) is 12.1. The van der Waals surface area contributed by atoms with E-state index in [4.69, 9.17) is 16.3 Å². The minimum absolute atomic E-state index is 0.155. The summed E-state index contributed by atoms with van der Waals surface area (Å²) in [5, 5.41) is 9.60. The van der Waals surface area contributed by atoms with Crippen molar-refractivity contribution in [3.8, 4) is 11.3 Å². The summed E-state index contributed by atoms with van der Waals surface area (Å²) in [6.45, 7) is 0.155. The zero-order chi connectivity index (χ0) is 17.6. The Morgan fingerprint density at radius 2 is 1.76 bits per heavy atom. The normalized spacial score (nSPS) is 10.3. The molecule has 0 radical (unpaired) electrons. The molecule has 0 spiro atoms. The fourth-order valence-corrected chi connectivity index (χ4v) is 2.24. The number of nitrogens with one attached hydrogen (secondary N) is 2. The molecule has 7 heteroatoms. The molecule has 0 bridgehead atoms. The Labute approximate surface area is 148 Å². The van der Waals surface area contributed by atoms with Gasteiger partial charge in [0.25, 0.3) is 5.56 Å². The Morgan fingerprint density at radius 3 is 2.40 bits per heavy atom. The summed E-state index contributed by atoms with van der Waals surface area (Å²) in [4.78, 5) is 22.9. The average molecular weight is 356 g/mol. The van der Waals surface area contributed by atoms with E-state index in [2.05, 4.69) is 15.5 Å². The number of hydrogen-bond donors (Lipinski definition) is 2. The van der Waals surface area contributed by atoms with Crippen LogP contribution in [-0.4, -0.2) is 16.3 Å². The number of carbonyl (C=O) groups excluding carboxylic acids is 1. The van der Waals surface area contributed by atoms with Gasteiger partial charge in [-0.15, -0.1) is 0 Å². The third-order valence-corrected chi connectivity index (χ3v) is 3.64. The molecule has 0 saturated carbocycles. The molecule has 3 rings (SSSR count). The molecule has 0 unspecified atom stereocenters. The number of rotatable bonds is 4. The van der Waals surface area contributed by atoms with Gasteiger partial charge in [0.1, 0.15) is 6.61 Å². The highest BCUT2D eigenvalue weighted by Gasteiger charge is 2.05. The van der Waals surface area contributed by atoms with Crippen LogP contribution in [-0.2, 0) is 11.3 Å². The van der Waals surface area contributed by atoms with Gasteiger partial charge < -0.3 is 4.74 Å². The van der Waals surface area contributed by atoms with Crippen LogP contribution >= 0.6 is 11.6 Å². The SMILES string of the molecule is O=C(Nc1ccc(-c2ccc(=O)[nH]n2)cc1)OCc1ccc(Cl)cc1. The van der Waals surface area contributed by atoms with Gasteiger partial charge in [0.2, 0.25) is 0 Å². The number of hydrogen-bond acceptors (Lipinski definition) is 4. The summed E-state index contributed by atoms with van der Waals surface area (Å²) in [5.74, 6) is 0. The lowest BCUT2D eigenvalue weighted by Crippen LogP contribution is -2.13. The number of aromatic nitrogens is 2. The van der Waals surface area contributed by atoms with Crippen LogP contribution in [0.3, 0.4) is 0 Å². The van der Waals surface area contributed by atoms with Crippen molar-refractivity contribution in [1.82, 2.24) is 10.2 Å². The molecule has 0 atom stereocenters. The number of carbonyl (C=O) groups is 1. The number of aromatic amines is 1. The largest absolute Gasteiger partial charge is 0.444 e. The van der Waals surface area contributed by atoms with Crippen molar-refractivity contribution in [2.24, 2.45) is 0 Å². The van der Waals surface area contributed by atoms with E-state index in [-0.39, 0.29) is 12.2 Å². The second kappa shape index (κ2) is 7.63. The van der Waals surface area contributed by atoms with E-state index in [1.165, 1.54) is 6.07 Å². The molecular formula is C18H14ClN3O3. The van der Waals surface area contributed by atoms with Gasteiger partial charge >= 0.3 is 6.09 Å². The third kappa shape index (κ3) is 4.68. The number of halogens is 1. The Bertz CT molecular complexity index is 901. The van der Waals surface area contributed by atoms with E-state index in [1.807, 2.05) is 0 Å². The zero-order valence-corrected chi connectivity index (χ0v) is 13.8. The van der Waals surface area contributed by atoms with E-state index in [0.717, 1.165) is 11.1 Å². The van der Waals surface area contributed by atoms with Crippen molar-refractivity contribution in [2.45, 2.75) is 6.61 Å². The van der Waals surface area contributed by atoms with Crippen LogP contribution < -0.4 is 10.9 Å². The molecule has 6 nitrogen and oxygen atoms in total. The predicted octanol–water partition coefficient (Wildman–Crippen LogP) is 3.84. The number of benzene rings is 2. The van der Waals surface area contributed by atoms with Gasteiger partial charge in [-0.25, -0.2) is 9.89 Å². The second-order valence-corrected chi connectivity index (χ2v) is 5.65. The molecule has 2 aromatic carbocycles. The highest BCUT2D eigenvalue weighted by atomic mass is 35.5. The van der Waals surface area contributed by atoms with Crippen molar-refractivity contribution in [3.63, 3.8) is 0 Å². The first-order valence-electron chi connectivity index (χ1n) is 7.44. The molecule has 0 saturated heterocycles. The predicted molar refractivity (Wildman–Crippen MR) is 95.6 cm³/mol. The van der Waals surface area contributed by atoms with Crippen molar-refractivity contribution >= 4 is 23.4 Å². The summed E-state index contributed by atoms with van der Waals surface area (Å²) in [6, 6.07) is 17.1. The smallest absolute Gasteiger partial charge is 0.411 e. The monoisotopic (exact) mass is 355 g/mol. The van der Waals surface area contributed by atoms with Gasteiger partial charge in [-0.1, -0.05) is 35.9 Å². The molecule has 25 heavy (non-hydrogen) atoms. The van der Waals surface area contributed by atoms with E-state index in [0.29, 0.717) is 16.4 Å². The van der Waals surface area contributed by atoms with Crippen LogP contribution in [0.5, 0.6) is 0 Å². The van der Waals surface area contributed by atoms with Gasteiger partial charge in [-0.2, -0.15) is 5.10 Å². The molecule has 1 heterocycles. The van der Waals surface area contributed by atoms with Crippen molar-refractivity contribution in [3.05, 3.63) is 81.6 Å². The van der Waals surface area contributed by atoms with Crippen molar-refractivity contribution < 1.29 is 9.53 Å². The molecule has 2 N–H and O–H groups in total. The maximum absolute atomic E-state index is 11.8. The quantitative estimate of drug-likeness (QED) is 0.744. The number of H-pyrrole nitrogens is 1. The summed E-state index contributed by atoms with van der Waals surface area (Å²) in [6.07, 6.45) is -0.551. The number of anilines is 1. The maximum atomic E-state index is 11.8. The lowest BCUT2D eigenvalue weighted by atomic mass is 10.1. The van der Waals surface area contributed by atoms with Gasteiger partial charge in [0.15, 0.2) is 0 Å².